The molecule has 2 aliphatic rings. The van der Waals surface area contributed by atoms with Gasteiger partial charge in [0.15, 0.2) is 16.8 Å². The summed E-state index contributed by atoms with van der Waals surface area (Å²) in [5, 5.41) is 1.22. The molecule has 1 aliphatic carbocycles. The Bertz CT molecular complexity index is 1110. The van der Waals surface area contributed by atoms with E-state index in [1.807, 2.05) is 18.2 Å². The van der Waals surface area contributed by atoms with Crippen molar-refractivity contribution < 1.29 is 4.42 Å². The molecule has 5 nitrogen and oxygen atoms in total. The van der Waals surface area contributed by atoms with E-state index in [2.05, 4.69) is 18.7 Å². The Morgan fingerprint density at radius 1 is 1.12 bits per heavy atom. The van der Waals surface area contributed by atoms with Crippen LogP contribution in [0, 0.1) is 0 Å². The number of hydrogen-bond donors (Lipinski definition) is 1. The molecule has 4 rings (SSSR count). The Morgan fingerprint density at radius 3 is 2.68 bits per heavy atom. The topological polar surface area (TPSA) is 72.4 Å². The molecule has 0 amide bonds. The number of nitrogens with zero attached hydrogens (tertiary/aromatic N) is 2. The average molecular weight is 333 g/mol. The van der Waals surface area contributed by atoms with Gasteiger partial charge >= 0.3 is 0 Å². The van der Waals surface area contributed by atoms with Gasteiger partial charge < -0.3 is 15.1 Å². The molecule has 0 aromatic heterocycles. The van der Waals surface area contributed by atoms with Crippen LogP contribution in [0.15, 0.2) is 51.7 Å². The summed E-state index contributed by atoms with van der Waals surface area (Å²) in [6, 6.07) is 12.8. The minimum absolute atomic E-state index is 0.111. The molecule has 2 N–H and O–H groups in total. The monoisotopic (exact) mass is 333 g/mol. The predicted octanol–water partition coefficient (Wildman–Crippen LogP) is 3.87. The molecule has 0 spiro atoms. The molecular formula is C20H19N3O2. The first kappa shape index (κ1) is 15.4. The molecule has 0 bridgehead atoms. The van der Waals surface area contributed by atoms with Crippen molar-refractivity contribution in [3.8, 4) is 11.5 Å². The van der Waals surface area contributed by atoms with Gasteiger partial charge in [0.05, 0.1) is 0 Å². The minimum atomic E-state index is -0.111. The molecule has 1 aliphatic heterocycles. The summed E-state index contributed by atoms with van der Waals surface area (Å²) >= 11 is 0. The second-order valence-electron chi connectivity index (χ2n) is 6.03. The number of nitrogen functional groups attached to an aromatic ring is 1. The third kappa shape index (κ3) is 2.39. The minimum Gasteiger partial charge on any atom is -0.453 e. The summed E-state index contributed by atoms with van der Waals surface area (Å²) in [4.78, 5) is 19.4. The van der Waals surface area contributed by atoms with Crippen molar-refractivity contribution in [2.24, 2.45) is 0 Å². The number of benzene rings is 3. The Labute approximate surface area is 145 Å². The Kier molecular flexibility index (Phi) is 3.57. The summed E-state index contributed by atoms with van der Waals surface area (Å²) < 4.78 is 6.03. The maximum absolute atomic E-state index is 12.4. The summed E-state index contributed by atoms with van der Waals surface area (Å²) in [5.41, 5.74) is 9.62. The molecule has 0 radical (unpaired) electrons. The molecule has 25 heavy (non-hydrogen) atoms. The molecule has 126 valence electrons. The zero-order chi connectivity index (χ0) is 17.6. The normalized spacial score (nSPS) is 11.4. The van der Waals surface area contributed by atoms with Gasteiger partial charge in [-0.2, -0.15) is 0 Å². The quantitative estimate of drug-likeness (QED) is 0.350. The van der Waals surface area contributed by atoms with Crippen molar-refractivity contribution in [1.82, 2.24) is 4.98 Å². The van der Waals surface area contributed by atoms with E-state index in [1.54, 1.807) is 18.2 Å². The van der Waals surface area contributed by atoms with Gasteiger partial charge in [0.1, 0.15) is 11.2 Å². The molecule has 2 aromatic carbocycles. The Balaban J connectivity index is 2.05. The van der Waals surface area contributed by atoms with E-state index in [0.717, 1.165) is 24.3 Å². The lowest BCUT2D eigenvalue weighted by atomic mass is 10.0. The third-order valence-electron chi connectivity index (χ3n) is 4.62. The van der Waals surface area contributed by atoms with Gasteiger partial charge in [-0.3, -0.25) is 4.79 Å². The van der Waals surface area contributed by atoms with E-state index in [4.69, 9.17) is 15.1 Å². The van der Waals surface area contributed by atoms with Crippen LogP contribution in [-0.4, -0.2) is 18.1 Å². The fraction of sp³-hybridized carbons (Fsp3) is 0.200. The highest BCUT2D eigenvalue weighted by molar-refractivity contribution is 6.03. The van der Waals surface area contributed by atoms with Crippen LogP contribution in [0.3, 0.4) is 0 Å². The van der Waals surface area contributed by atoms with Gasteiger partial charge in [-0.25, -0.2) is 4.98 Å². The van der Waals surface area contributed by atoms with E-state index in [0.29, 0.717) is 33.5 Å². The van der Waals surface area contributed by atoms with Gasteiger partial charge in [-0.1, -0.05) is 12.1 Å². The summed E-state index contributed by atoms with van der Waals surface area (Å²) in [7, 11) is 0. The van der Waals surface area contributed by atoms with Gasteiger partial charge in [0, 0.05) is 47.4 Å². The highest BCUT2D eigenvalue weighted by Crippen LogP contribution is 2.34. The highest BCUT2D eigenvalue weighted by Gasteiger charge is 2.17. The molecule has 2 aromatic rings. The third-order valence-corrected chi connectivity index (χ3v) is 4.62. The van der Waals surface area contributed by atoms with Crippen LogP contribution >= 0.6 is 0 Å². The lowest BCUT2D eigenvalue weighted by Crippen LogP contribution is -2.21. The SMILES string of the molecule is CCN(CC)c1ccc2nc3c4c(N)cccc4c(=O)cc-3oc2c1. The molecular weight excluding hydrogens is 314 g/mol. The fourth-order valence-electron chi connectivity index (χ4n) is 3.32. The maximum Gasteiger partial charge on any atom is 0.190 e. The molecule has 0 unspecified atom stereocenters. The number of hydrogen-bond acceptors (Lipinski definition) is 5. The first-order valence-corrected chi connectivity index (χ1v) is 8.43. The largest absolute Gasteiger partial charge is 0.453 e. The second kappa shape index (κ2) is 5.77. The smallest absolute Gasteiger partial charge is 0.190 e. The number of nitrogens with two attached hydrogens (primary N) is 1. The Morgan fingerprint density at radius 2 is 1.92 bits per heavy atom. The number of anilines is 2. The summed E-state index contributed by atoms with van der Waals surface area (Å²) in [5.74, 6) is 0.458. The van der Waals surface area contributed by atoms with E-state index >= 15 is 0 Å². The molecule has 0 fully saturated rings. The molecule has 0 saturated heterocycles. The second-order valence-corrected chi connectivity index (χ2v) is 6.03. The number of rotatable bonds is 3. The Hall–Kier alpha value is -3.08. The van der Waals surface area contributed by atoms with Gasteiger partial charge in [0.25, 0.3) is 0 Å². The number of aromatic nitrogens is 1. The van der Waals surface area contributed by atoms with Crippen molar-refractivity contribution in [3.05, 3.63) is 52.7 Å². The van der Waals surface area contributed by atoms with Gasteiger partial charge in [-0.05, 0) is 32.0 Å². The van der Waals surface area contributed by atoms with Crippen LogP contribution in [0.1, 0.15) is 13.8 Å². The van der Waals surface area contributed by atoms with Crippen molar-refractivity contribution in [1.29, 1.82) is 0 Å². The first-order chi connectivity index (χ1) is 12.1. The van der Waals surface area contributed by atoms with E-state index < -0.39 is 0 Å². The van der Waals surface area contributed by atoms with Crippen molar-refractivity contribution >= 4 is 33.2 Å². The van der Waals surface area contributed by atoms with Crippen molar-refractivity contribution in [2.45, 2.75) is 13.8 Å². The number of fused-ring (bicyclic) bond motifs is 4. The van der Waals surface area contributed by atoms with Crippen LogP contribution in [0.5, 0.6) is 0 Å². The standard InChI is InChI=1S/C20H19N3O2/c1-3-23(4-2)12-8-9-15-17(10-12)25-18-11-16(24)13-6-5-7-14(21)19(13)20(18)22-15/h5-11H,3-4,21H2,1-2H3. The van der Waals surface area contributed by atoms with Crippen LogP contribution in [0.2, 0.25) is 0 Å². The van der Waals surface area contributed by atoms with Crippen LogP contribution in [0.25, 0.3) is 33.3 Å². The van der Waals surface area contributed by atoms with Crippen LogP contribution in [-0.2, 0) is 0 Å². The zero-order valence-electron chi connectivity index (χ0n) is 14.2. The summed E-state index contributed by atoms with van der Waals surface area (Å²) in [6.45, 7) is 6.05. The van der Waals surface area contributed by atoms with Gasteiger partial charge in [0.2, 0.25) is 0 Å². The predicted molar refractivity (Wildman–Crippen MR) is 102 cm³/mol. The van der Waals surface area contributed by atoms with Crippen LogP contribution < -0.4 is 16.1 Å². The average Bonchev–Trinajstić information content (AvgIpc) is 2.61. The zero-order valence-corrected chi connectivity index (χ0v) is 14.2. The molecule has 1 heterocycles. The van der Waals surface area contributed by atoms with Crippen LogP contribution in [0.4, 0.5) is 11.4 Å². The first-order valence-electron chi connectivity index (χ1n) is 8.43. The lowest BCUT2D eigenvalue weighted by Gasteiger charge is -2.21. The maximum atomic E-state index is 12.4. The van der Waals surface area contributed by atoms with Crippen molar-refractivity contribution in [2.75, 3.05) is 23.7 Å². The van der Waals surface area contributed by atoms with Gasteiger partial charge in [-0.15, -0.1) is 0 Å². The van der Waals surface area contributed by atoms with E-state index in [1.165, 1.54) is 6.07 Å². The highest BCUT2D eigenvalue weighted by atomic mass is 16.3. The fourth-order valence-corrected chi connectivity index (χ4v) is 3.32. The van der Waals surface area contributed by atoms with E-state index in [9.17, 15) is 4.79 Å². The lowest BCUT2D eigenvalue weighted by molar-refractivity contribution is 0.613. The molecule has 0 atom stereocenters. The van der Waals surface area contributed by atoms with Crippen molar-refractivity contribution in [3.63, 3.8) is 0 Å². The summed E-state index contributed by atoms with van der Waals surface area (Å²) in [6.07, 6.45) is 0. The molecule has 5 heteroatoms. The van der Waals surface area contributed by atoms with E-state index in [-0.39, 0.29) is 5.43 Å². The molecule has 0 saturated carbocycles.